The lowest BCUT2D eigenvalue weighted by Crippen LogP contribution is -2.26. The zero-order chi connectivity index (χ0) is 26.3. The van der Waals surface area contributed by atoms with Crippen LogP contribution in [0.25, 0.3) is 28.0 Å². The monoisotopic (exact) mass is 569 g/mol. The molecule has 0 aliphatic rings. The van der Waals surface area contributed by atoms with E-state index >= 15 is 0 Å². The van der Waals surface area contributed by atoms with Gasteiger partial charge in [-0.15, -0.1) is 0 Å². The van der Waals surface area contributed by atoms with Crippen molar-refractivity contribution in [3.8, 4) is 28.1 Å². The van der Waals surface area contributed by atoms with Crippen molar-refractivity contribution >= 4 is 33.3 Å². The van der Waals surface area contributed by atoms with Crippen LogP contribution in [-0.2, 0) is 11.2 Å². The molecule has 2 aromatic heterocycles. The van der Waals surface area contributed by atoms with Gasteiger partial charge in [0.1, 0.15) is 11.6 Å². The third-order valence-electron chi connectivity index (χ3n) is 6.27. The summed E-state index contributed by atoms with van der Waals surface area (Å²) in [5.41, 5.74) is 5.28. The molecule has 0 saturated carbocycles. The molecule has 7 nitrogen and oxygen atoms in total. The molecule has 2 heterocycles. The number of carbonyl (C=O) groups excluding carboxylic acids is 1. The first-order valence-electron chi connectivity index (χ1n) is 12.6. The molecule has 0 atom stereocenters. The smallest absolute Gasteiger partial charge is 0.224 e. The molecular formula is C30H28BrN5O2. The number of amides is 1. The zero-order valence-electron chi connectivity index (χ0n) is 20.8. The predicted octanol–water partition coefficient (Wildman–Crippen LogP) is 6.08. The van der Waals surface area contributed by atoms with Crippen LogP contribution < -0.4 is 10.6 Å². The number of nitrogens with zero attached hydrogens (tertiary/aromatic N) is 3. The molecule has 0 spiro atoms. The molecule has 5 aromatic rings. The van der Waals surface area contributed by atoms with Crippen LogP contribution >= 0.6 is 15.9 Å². The zero-order valence-corrected chi connectivity index (χ0v) is 22.4. The van der Waals surface area contributed by atoms with Gasteiger partial charge in [-0.1, -0.05) is 66.7 Å². The van der Waals surface area contributed by atoms with E-state index < -0.39 is 0 Å². The summed E-state index contributed by atoms with van der Waals surface area (Å²) in [4.78, 5) is 17.1. The van der Waals surface area contributed by atoms with Crippen molar-refractivity contribution in [1.29, 1.82) is 0 Å². The normalized spacial score (nSPS) is 11.0. The topological polar surface area (TPSA) is 91.5 Å². The molecule has 3 aromatic carbocycles. The van der Waals surface area contributed by atoms with Gasteiger partial charge in [-0.25, -0.2) is 4.98 Å². The fraction of sp³-hybridized carbons (Fsp3) is 0.167. The Morgan fingerprint density at radius 1 is 0.895 bits per heavy atom. The van der Waals surface area contributed by atoms with Gasteiger partial charge in [0.25, 0.3) is 0 Å². The van der Waals surface area contributed by atoms with Crippen molar-refractivity contribution in [3.05, 3.63) is 101 Å². The fourth-order valence-corrected chi connectivity index (χ4v) is 4.63. The van der Waals surface area contributed by atoms with E-state index in [9.17, 15) is 9.90 Å². The van der Waals surface area contributed by atoms with E-state index in [0.717, 1.165) is 34.3 Å². The van der Waals surface area contributed by atoms with Gasteiger partial charge in [-0.2, -0.15) is 9.61 Å². The number of rotatable bonds is 10. The number of aromatic nitrogens is 3. The summed E-state index contributed by atoms with van der Waals surface area (Å²) in [6.45, 7) is 1.32. The number of carbonyl (C=O) groups is 1. The summed E-state index contributed by atoms with van der Waals surface area (Å²) in [5, 5.41) is 21.1. The molecule has 38 heavy (non-hydrogen) atoms. The number of aromatic hydroxyl groups is 1. The Hall–Kier alpha value is -4.17. The lowest BCUT2D eigenvalue weighted by atomic mass is 10.0. The Morgan fingerprint density at radius 2 is 1.61 bits per heavy atom. The fourth-order valence-electron chi connectivity index (χ4n) is 4.28. The summed E-state index contributed by atoms with van der Waals surface area (Å²) >= 11 is 3.50. The standard InChI is InChI=1S/C30H28BrN5O2/c31-25-20-34-36-28(19-26(35-30(25)36)24-10-4-5-11-27(24)37)32-16-6-7-17-33-29(38)18-21-12-14-23(15-13-21)22-8-2-1-3-9-22/h1-5,8-15,19-20,32,37H,6-7,16-18H2,(H,33,38). The van der Waals surface area contributed by atoms with Crippen molar-refractivity contribution in [3.63, 3.8) is 0 Å². The van der Waals surface area contributed by atoms with Gasteiger partial charge in [0, 0.05) is 24.7 Å². The second kappa shape index (κ2) is 11.9. The Morgan fingerprint density at radius 3 is 2.39 bits per heavy atom. The Balaban J connectivity index is 1.10. The maximum Gasteiger partial charge on any atom is 0.224 e. The first-order valence-corrected chi connectivity index (χ1v) is 13.4. The first-order chi connectivity index (χ1) is 18.6. The number of unbranched alkanes of at least 4 members (excludes halogenated alkanes) is 1. The molecule has 3 N–H and O–H groups in total. The minimum atomic E-state index is 0.0231. The highest BCUT2D eigenvalue weighted by molar-refractivity contribution is 9.10. The molecule has 1 amide bonds. The maximum atomic E-state index is 12.4. The Bertz CT molecular complexity index is 1530. The molecule has 0 bridgehead atoms. The van der Waals surface area contributed by atoms with Crippen LogP contribution in [0.15, 0.2) is 95.6 Å². The lowest BCUT2D eigenvalue weighted by Gasteiger charge is -2.12. The number of hydrogen-bond acceptors (Lipinski definition) is 5. The number of para-hydroxylation sites is 1. The number of nitrogens with one attached hydrogen (secondary N) is 2. The minimum Gasteiger partial charge on any atom is -0.507 e. The van der Waals surface area contributed by atoms with Gasteiger partial charge in [-0.05, 0) is 57.6 Å². The third kappa shape index (κ3) is 6.03. The molecule has 0 unspecified atom stereocenters. The van der Waals surface area contributed by atoms with Crippen LogP contribution in [0.2, 0.25) is 0 Å². The number of benzene rings is 3. The van der Waals surface area contributed by atoms with E-state index in [1.807, 2.05) is 48.5 Å². The van der Waals surface area contributed by atoms with E-state index in [0.29, 0.717) is 36.4 Å². The van der Waals surface area contributed by atoms with Gasteiger partial charge >= 0.3 is 0 Å². The Kier molecular flexibility index (Phi) is 7.99. The molecule has 5 rings (SSSR count). The second-order valence-electron chi connectivity index (χ2n) is 9.00. The van der Waals surface area contributed by atoms with Gasteiger partial charge < -0.3 is 15.7 Å². The SMILES string of the molecule is O=C(Cc1ccc(-c2ccccc2)cc1)NCCCCNc1cc(-c2ccccc2O)nc2c(Br)cnn12. The number of halogens is 1. The van der Waals surface area contributed by atoms with Gasteiger partial charge in [0.05, 0.1) is 22.8 Å². The van der Waals surface area contributed by atoms with Crippen LogP contribution in [0.5, 0.6) is 5.75 Å². The molecule has 0 aliphatic heterocycles. The predicted molar refractivity (Wildman–Crippen MR) is 154 cm³/mol. The molecule has 192 valence electrons. The largest absolute Gasteiger partial charge is 0.507 e. The summed E-state index contributed by atoms with van der Waals surface area (Å²) < 4.78 is 2.51. The average Bonchev–Trinajstić information content (AvgIpc) is 3.32. The number of phenolic OH excluding ortho intramolecular Hbond substituents is 1. The van der Waals surface area contributed by atoms with Crippen LogP contribution in [0, 0.1) is 0 Å². The van der Waals surface area contributed by atoms with Crippen molar-refractivity contribution in [2.45, 2.75) is 19.3 Å². The number of anilines is 1. The molecule has 0 saturated heterocycles. The molecule has 0 aliphatic carbocycles. The van der Waals surface area contributed by atoms with Gasteiger partial charge in [0.2, 0.25) is 5.91 Å². The van der Waals surface area contributed by atoms with Crippen molar-refractivity contribution in [1.82, 2.24) is 19.9 Å². The van der Waals surface area contributed by atoms with Crippen molar-refractivity contribution in [2.75, 3.05) is 18.4 Å². The number of phenols is 1. The maximum absolute atomic E-state index is 12.4. The van der Waals surface area contributed by atoms with E-state index in [2.05, 4.69) is 60.9 Å². The van der Waals surface area contributed by atoms with E-state index in [1.54, 1.807) is 22.8 Å². The molecule has 0 radical (unpaired) electrons. The van der Waals surface area contributed by atoms with Crippen LogP contribution in [0.1, 0.15) is 18.4 Å². The quantitative estimate of drug-likeness (QED) is 0.177. The van der Waals surface area contributed by atoms with Crippen LogP contribution in [0.4, 0.5) is 5.82 Å². The lowest BCUT2D eigenvalue weighted by molar-refractivity contribution is -0.120. The molecule has 8 heteroatoms. The third-order valence-corrected chi connectivity index (χ3v) is 6.83. The van der Waals surface area contributed by atoms with Gasteiger partial charge in [-0.3, -0.25) is 4.79 Å². The summed E-state index contributed by atoms with van der Waals surface area (Å²) in [5.74, 6) is 0.978. The van der Waals surface area contributed by atoms with Crippen LogP contribution in [-0.4, -0.2) is 38.7 Å². The van der Waals surface area contributed by atoms with Crippen molar-refractivity contribution in [2.24, 2.45) is 0 Å². The second-order valence-corrected chi connectivity index (χ2v) is 9.85. The first kappa shape index (κ1) is 25.5. The molecule has 0 fully saturated rings. The highest BCUT2D eigenvalue weighted by atomic mass is 79.9. The summed E-state index contributed by atoms with van der Waals surface area (Å²) in [7, 11) is 0. The van der Waals surface area contributed by atoms with Gasteiger partial charge in [0.15, 0.2) is 5.65 Å². The highest BCUT2D eigenvalue weighted by Crippen LogP contribution is 2.31. The number of fused-ring (bicyclic) bond motifs is 1. The Labute approximate surface area is 229 Å². The van der Waals surface area contributed by atoms with Crippen LogP contribution in [0.3, 0.4) is 0 Å². The van der Waals surface area contributed by atoms with E-state index in [-0.39, 0.29) is 11.7 Å². The van der Waals surface area contributed by atoms with E-state index in [1.165, 1.54) is 5.56 Å². The molecular weight excluding hydrogens is 542 g/mol. The van der Waals surface area contributed by atoms with Crippen molar-refractivity contribution < 1.29 is 9.90 Å². The summed E-state index contributed by atoms with van der Waals surface area (Å²) in [6, 6.07) is 27.4. The summed E-state index contributed by atoms with van der Waals surface area (Å²) in [6.07, 6.45) is 3.78. The van der Waals surface area contributed by atoms with E-state index in [4.69, 9.17) is 0 Å². The minimum absolute atomic E-state index is 0.0231. The average molecular weight is 570 g/mol. The number of hydrogen-bond donors (Lipinski definition) is 3. The highest BCUT2D eigenvalue weighted by Gasteiger charge is 2.13.